The van der Waals surface area contributed by atoms with Crippen LogP contribution in [0.15, 0.2) is 40.2 Å². The molecule has 0 fully saturated rings. The van der Waals surface area contributed by atoms with E-state index in [1.807, 2.05) is 24.4 Å². The zero-order chi connectivity index (χ0) is 13.9. The second-order valence-electron chi connectivity index (χ2n) is 4.11. The van der Waals surface area contributed by atoms with Gasteiger partial charge < -0.3 is 4.98 Å². The predicted octanol–water partition coefficient (Wildman–Crippen LogP) is 4.87. The van der Waals surface area contributed by atoms with Gasteiger partial charge in [0.1, 0.15) is 5.69 Å². The lowest BCUT2D eigenvalue weighted by Crippen LogP contribution is -1.90. The van der Waals surface area contributed by atoms with Crippen molar-refractivity contribution >= 4 is 34.4 Å². The number of nitriles is 1. The van der Waals surface area contributed by atoms with Crippen molar-refractivity contribution in [1.82, 2.24) is 9.97 Å². The van der Waals surface area contributed by atoms with Gasteiger partial charge in [-0.1, -0.05) is 23.9 Å². The zero-order valence-electron chi connectivity index (χ0n) is 10.7. The molecule has 1 atom stereocenters. The molecule has 20 heavy (non-hydrogen) atoms. The highest BCUT2D eigenvalue weighted by atomic mass is 32.2. The molecule has 0 bridgehead atoms. The molecule has 0 aliphatic heterocycles. The lowest BCUT2D eigenvalue weighted by atomic mass is 10.2. The fraction of sp³-hybridized carbons (Fsp3) is 0.143. The molecular formula is C14H11N3S3. The number of H-pyrrole nitrogens is 1. The molecule has 0 saturated carbocycles. The Bertz CT molecular complexity index is 669. The number of thiophene rings is 2. The van der Waals surface area contributed by atoms with Gasteiger partial charge in [0, 0.05) is 0 Å². The lowest BCUT2D eigenvalue weighted by Gasteiger charge is -1.96. The SMILES string of the molecule is C[C@H](C#N)Sc1nc(-c2cccs2)c(-c2cccs2)[nH]1. The largest absolute Gasteiger partial charge is 0.332 e. The third-order valence-electron chi connectivity index (χ3n) is 2.67. The summed E-state index contributed by atoms with van der Waals surface area (Å²) in [5.74, 6) is 0. The van der Waals surface area contributed by atoms with Crippen molar-refractivity contribution in [3.63, 3.8) is 0 Å². The maximum absolute atomic E-state index is 8.93. The molecule has 3 aromatic heterocycles. The first-order valence-corrected chi connectivity index (χ1v) is 8.66. The summed E-state index contributed by atoms with van der Waals surface area (Å²) in [5, 5.41) is 13.7. The maximum Gasteiger partial charge on any atom is 0.167 e. The minimum atomic E-state index is -0.117. The Morgan fingerprint density at radius 2 is 1.95 bits per heavy atom. The van der Waals surface area contributed by atoms with E-state index in [4.69, 9.17) is 5.26 Å². The summed E-state index contributed by atoms with van der Waals surface area (Å²) in [6.07, 6.45) is 0. The van der Waals surface area contributed by atoms with Gasteiger partial charge in [0.05, 0.1) is 26.8 Å². The van der Waals surface area contributed by atoms with Gasteiger partial charge >= 0.3 is 0 Å². The Morgan fingerprint density at radius 1 is 1.25 bits per heavy atom. The van der Waals surface area contributed by atoms with Crippen LogP contribution < -0.4 is 0 Å². The maximum atomic E-state index is 8.93. The molecule has 3 rings (SSSR count). The average molecular weight is 317 g/mol. The van der Waals surface area contributed by atoms with Crippen molar-refractivity contribution in [1.29, 1.82) is 5.26 Å². The summed E-state index contributed by atoms with van der Waals surface area (Å²) in [5.41, 5.74) is 2.00. The number of rotatable bonds is 4. The van der Waals surface area contributed by atoms with Crippen LogP contribution >= 0.6 is 34.4 Å². The number of nitrogens with one attached hydrogen (secondary N) is 1. The third-order valence-corrected chi connectivity index (χ3v) is 5.31. The van der Waals surface area contributed by atoms with Crippen LogP contribution in [0, 0.1) is 11.3 Å². The standard InChI is InChI=1S/C14H11N3S3/c1-9(8-15)20-14-16-12(10-4-2-6-18-10)13(17-14)11-5-3-7-19-11/h2-7,9H,1H3,(H,16,17)/t9-/m1/s1. The fourth-order valence-corrected chi connectivity index (χ4v) is 3.93. The molecule has 0 saturated heterocycles. The van der Waals surface area contributed by atoms with Gasteiger partial charge in [-0.2, -0.15) is 5.26 Å². The highest BCUT2D eigenvalue weighted by Gasteiger charge is 2.17. The van der Waals surface area contributed by atoms with Crippen LogP contribution in [0.25, 0.3) is 21.1 Å². The first-order valence-electron chi connectivity index (χ1n) is 6.02. The monoisotopic (exact) mass is 317 g/mol. The Morgan fingerprint density at radius 3 is 2.55 bits per heavy atom. The van der Waals surface area contributed by atoms with Crippen LogP contribution in [-0.2, 0) is 0 Å². The topological polar surface area (TPSA) is 52.5 Å². The summed E-state index contributed by atoms with van der Waals surface area (Å²) in [4.78, 5) is 10.3. The second kappa shape index (κ2) is 5.83. The minimum absolute atomic E-state index is 0.117. The molecule has 0 aromatic carbocycles. The molecule has 3 heterocycles. The predicted molar refractivity (Wildman–Crippen MR) is 86.1 cm³/mol. The van der Waals surface area contributed by atoms with Gasteiger partial charge in [-0.15, -0.1) is 22.7 Å². The lowest BCUT2D eigenvalue weighted by molar-refractivity contribution is 1.05. The van der Waals surface area contributed by atoms with Gasteiger partial charge in [0.2, 0.25) is 0 Å². The average Bonchev–Trinajstić information content (AvgIpc) is 3.18. The van der Waals surface area contributed by atoms with E-state index in [-0.39, 0.29) is 5.25 Å². The van der Waals surface area contributed by atoms with Gasteiger partial charge in [-0.05, 0) is 29.8 Å². The van der Waals surface area contributed by atoms with Crippen molar-refractivity contribution in [2.45, 2.75) is 17.3 Å². The summed E-state index contributed by atoms with van der Waals surface area (Å²) in [7, 11) is 0. The molecule has 1 N–H and O–H groups in total. The summed E-state index contributed by atoms with van der Waals surface area (Å²) >= 11 is 4.81. The first-order chi connectivity index (χ1) is 9.78. The smallest absolute Gasteiger partial charge is 0.167 e. The van der Waals surface area contributed by atoms with Crippen LogP contribution in [0.2, 0.25) is 0 Å². The zero-order valence-corrected chi connectivity index (χ0v) is 13.1. The van der Waals surface area contributed by atoms with Crippen LogP contribution in [-0.4, -0.2) is 15.2 Å². The molecule has 100 valence electrons. The van der Waals surface area contributed by atoms with Crippen molar-refractivity contribution in [3.8, 4) is 27.2 Å². The van der Waals surface area contributed by atoms with E-state index in [1.165, 1.54) is 11.8 Å². The highest BCUT2D eigenvalue weighted by molar-refractivity contribution is 8.00. The fourth-order valence-electron chi connectivity index (χ4n) is 1.79. The van der Waals surface area contributed by atoms with E-state index < -0.39 is 0 Å². The molecule has 0 aliphatic rings. The second-order valence-corrected chi connectivity index (χ2v) is 7.33. The summed E-state index contributed by atoms with van der Waals surface area (Å²) in [6, 6.07) is 10.4. The van der Waals surface area contributed by atoms with E-state index in [1.54, 1.807) is 22.7 Å². The van der Waals surface area contributed by atoms with Gasteiger partial charge in [-0.3, -0.25) is 0 Å². The first kappa shape index (κ1) is 13.4. The molecule has 3 nitrogen and oxygen atoms in total. The number of hydrogen-bond acceptors (Lipinski definition) is 5. The molecule has 0 amide bonds. The van der Waals surface area contributed by atoms with Gasteiger partial charge in [-0.25, -0.2) is 4.98 Å². The quantitative estimate of drug-likeness (QED) is 0.698. The van der Waals surface area contributed by atoms with E-state index in [0.717, 1.165) is 26.3 Å². The van der Waals surface area contributed by atoms with E-state index >= 15 is 0 Å². The van der Waals surface area contributed by atoms with Crippen LogP contribution in [0.3, 0.4) is 0 Å². The molecule has 0 unspecified atom stereocenters. The summed E-state index contributed by atoms with van der Waals surface area (Å²) < 4.78 is 0. The normalized spacial score (nSPS) is 12.2. The number of nitrogens with zero attached hydrogens (tertiary/aromatic N) is 2. The Balaban J connectivity index is 2.05. The number of imidazole rings is 1. The minimum Gasteiger partial charge on any atom is -0.332 e. The number of thioether (sulfide) groups is 1. The van der Waals surface area contributed by atoms with Crippen LogP contribution in [0.5, 0.6) is 0 Å². The third kappa shape index (κ3) is 2.66. The molecule has 6 heteroatoms. The van der Waals surface area contributed by atoms with E-state index in [0.29, 0.717) is 0 Å². The molecular weight excluding hydrogens is 306 g/mol. The molecule has 0 radical (unpaired) electrons. The van der Waals surface area contributed by atoms with Crippen molar-refractivity contribution in [2.24, 2.45) is 0 Å². The molecule has 3 aromatic rings. The Kier molecular flexibility index (Phi) is 3.92. The Hall–Kier alpha value is -1.55. The van der Waals surface area contributed by atoms with Gasteiger partial charge in [0.25, 0.3) is 0 Å². The Labute approximate surface area is 129 Å². The van der Waals surface area contributed by atoms with Crippen molar-refractivity contribution in [3.05, 3.63) is 35.0 Å². The van der Waals surface area contributed by atoms with Gasteiger partial charge in [0.15, 0.2) is 5.16 Å². The molecule has 0 aliphatic carbocycles. The number of aromatic nitrogens is 2. The summed E-state index contributed by atoms with van der Waals surface area (Å²) in [6.45, 7) is 1.88. The van der Waals surface area contributed by atoms with Crippen molar-refractivity contribution < 1.29 is 0 Å². The highest BCUT2D eigenvalue weighted by Crippen LogP contribution is 2.37. The van der Waals surface area contributed by atoms with Crippen LogP contribution in [0.1, 0.15) is 6.92 Å². The van der Waals surface area contributed by atoms with E-state index in [2.05, 4.69) is 33.5 Å². The number of aromatic amines is 1. The van der Waals surface area contributed by atoms with Crippen molar-refractivity contribution in [2.75, 3.05) is 0 Å². The number of hydrogen-bond donors (Lipinski definition) is 1. The van der Waals surface area contributed by atoms with E-state index in [9.17, 15) is 0 Å². The van der Waals surface area contributed by atoms with Crippen LogP contribution in [0.4, 0.5) is 0 Å². The molecule has 0 spiro atoms.